The molecule has 2 aromatic carbocycles. The molecular formula is C22H25N3O5. The maximum Gasteiger partial charge on any atom is 0.276 e. The molecule has 0 unspecified atom stereocenters. The molecule has 1 fully saturated rings. The van der Waals surface area contributed by atoms with Crippen LogP contribution in [-0.4, -0.2) is 37.5 Å². The van der Waals surface area contributed by atoms with Gasteiger partial charge >= 0.3 is 0 Å². The van der Waals surface area contributed by atoms with Crippen LogP contribution in [0.3, 0.4) is 0 Å². The number of para-hydroxylation sites is 3. The van der Waals surface area contributed by atoms with E-state index in [2.05, 4.69) is 10.9 Å². The number of nitrogens with zero attached hydrogens (tertiary/aromatic N) is 1. The molecule has 1 aliphatic heterocycles. The normalized spacial score (nSPS) is 15.6. The van der Waals surface area contributed by atoms with Crippen molar-refractivity contribution in [2.24, 2.45) is 5.92 Å². The molecule has 0 bridgehead atoms. The van der Waals surface area contributed by atoms with E-state index in [1.807, 2.05) is 44.2 Å². The highest BCUT2D eigenvalue weighted by atomic mass is 16.5. The van der Waals surface area contributed by atoms with Crippen LogP contribution in [-0.2, 0) is 14.4 Å². The lowest BCUT2D eigenvalue weighted by Crippen LogP contribution is -2.46. The third-order valence-corrected chi connectivity index (χ3v) is 4.73. The lowest BCUT2D eigenvalue weighted by Gasteiger charge is -2.20. The quantitative estimate of drug-likeness (QED) is 0.679. The van der Waals surface area contributed by atoms with E-state index in [-0.39, 0.29) is 25.5 Å². The second-order valence-electron chi connectivity index (χ2n) is 6.90. The molecule has 0 aliphatic carbocycles. The van der Waals surface area contributed by atoms with Crippen molar-refractivity contribution in [3.05, 3.63) is 54.1 Å². The van der Waals surface area contributed by atoms with Gasteiger partial charge in [0.25, 0.3) is 5.91 Å². The maximum atomic E-state index is 12.5. The van der Waals surface area contributed by atoms with Gasteiger partial charge in [0.1, 0.15) is 11.5 Å². The van der Waals surface area contributed by atoms with E-state index >= 15 is 0 Å². The number of anilines is 1. The monoisotopic (exact) mass is 411 g/mol. The van der Waals surface area contributed by atoms with Gasteiger partial charge < -0.3 is 14.4 Å². The number of carbonyl (C=O) groups is 3. The van der Waals surface area contributed by atoms with Crippen molar-refractivity contribution in [1.82, 2.24) is 10.9 Å². The number of carbonyl (C=O) groups excluding carboxylic acids is 3. The van der Waals surface area contributed by atoms with Crippen LogP contribution in [0.15, 0.2) is 48.5 Å². The number of aryl methyl sites for hydroxylation is 1. The van der Waals surface area contributed by atoms with E-state index < -0.39 is 17.7 Å². The van der Waals surface area contributed by atoms with Crippen LogP contribution in [0.5, 0.6) is 11.5 Å². The van der Waals surface area contributed by atoms with Gasteiger partial charge in [-0.05, 0) is 37.6 Å². The second-order valence-corrected chi connectivity index (χ2v) is 6.90. The molecule has 8 heteroatoms. The Balaban J connectivity index is 1.51. The molecule has 158 valence electrons. The molecule has 1 atom stereocenters. The number of hydrazine groups is 1. The predicted molar refractivity (Wildman–Crippen MR) is 111 cm³/mol. The van der Waals surface area contributed by atoms with Gasteiger partial charge in [-0.3, -0.25) is 25.2 Å². The van der Waals surface area contributed by atoms with Crippen LogP contribution in [0.4, 0.5) is 5.69 Å². The standard InChI is InChI=1S/C22H25N3O5/c1-3-29-19-11-7-5-9-17(19)25-13-16(12-21(25)27)22(28)24-23-20(26)14-30-18-10-6-4-8-15(18)2/h4-11,16H,3,12-14H2,1-2H3,(H,23,26)(H,24,28)/t16-/m1/s1. The Bertz CT molecular complexity index is 930. The summed E-state index contributed by atoms with van der Waals surface area (Å²) in [5, 5.41) is 0. The Morgan fingerprint density at radius 1 is 1.03 bits per heavy atom. The number of ether oxygens (including phenoxy) is 2. The Labute approximate surface area is 175 Å². The molecule has 0 aromatic heterocycles. The van der Waals surface area contributed by atoms with Gasteiger partial charge in [0.15, 0.2) is 6.61 Å². The second kappa shape index (κ2) is 9.78. The number of benzene rings is 2. The highest BCUT2D eigenvalue weighted by Gasteiger charge is 2.36. The summed E-state index contributed by atoms with van der Waals surface area (Å²) >= 11 is 0. The zero-order chi connectivity index (χ0) is 21.5. The van der Waals surface area contributed by atoms with Gasteiger partial charge in [0, 0.05) is 13.0 Å². The fourth-order valence-electron chi connectivity index (χ4n) is 3.20. The third kappa shape index (κ3) is 5.08. The van der Waals surface area contributed by atoms with Crippen molar-refractivity contribution in [1.29, 1.82) is 0 Å². The van der Waals surface area contributed by atoms with E-state index in [9.17, 15) is 14.4 Å². The molecule has 3 amide bonds. The molecule has 1 heterocycles. The summed E-state index contributed by atoms with van der Waals surface area (Å²) in [6, 6.07) is 14.5. The topological polar surface area (TPSA) is 97.0 Å². The van der Waals surface area contributed by atoms with Gasteiger partial charge in [-0.15, -0.1) is 0 Å². The molecule has 3 rings (SSSR count). The summed E-state index contributed by atoms with van der Waals surface area (Å²) in [7, 11) is 0. The van der Waals surface area contributed by atoms with Crippen LogP contribution in [0, 0.1) is 12.8 Å². The summed E-state index contributed by atoms with van der Waals surface area (Å²) in [5.74, 6) is -0.472. The van der Waals surface area contributed by atoms with Crippen molar-refractivity contribution in [2.75, 3.05) is 24.7 Å². The van der Waals surface area contributed by atoms with Crippen molar-refractivity contribution in [2.45, 2.75) is 20.3 Å². The van der Waals surface area contributed by atoms with E-state index in [0.717, 1.165) is 5.56 Å². The van der Waals surface area contributed by atoms with Crippen LogP contribution < -0.4 is 25.2 Å². The minimum absolute atomic E-state index is 0.0574. The SMILES string of the molecule is CCOc1ccccc1N1C[C@H](C(=O)NNC(=O)COc2ccccc2C)CC1=O. The van der Waals surface area contributed by atoms with E-state index in [4.69, 9.17) is 9.47 Å². The molecule has 2 N–H and O–H groups in total. The fraction of sp³-hybridized carbons (Fsp3) is 0.318. The molecule has 1 aliphatic rings. The summed E-state index contributed by atoms with van der Waals surface area (Å²) in [6.07, 6.45) is 0.0574. The molecule has 0 radical (unpaired) electrons. The lowest BCUT2D eigenvalue weighted by molar-refractivity contribution is -0.132. The zero-order valence-corrected chi connectivity index (χ0v) is 17.0. The van der Waals surface area contributed by atoms with E-state index in [0.29, 0.717) is 23.8 Å². The van der Waals surface area contributed by atoms with Gasteiger partial charge in [-0.2, -0.15) is 0 Å². The van der Waals surface area contributed by atoms with Crippen LogP contribution in [0.25, 0.3) is 0 Å². The van der Waals surface area contributed by atoms with E-state index in [1.54, 1.807) is 23.1 Å². The molecule has 30 heavy (non-hydrogen) atoms. The number of hydrogen-bond acceptors (Lipinski definition) is 5. The first-order chi connectivity index (χ1) is 14.5. The maximum absolute atomic E-state index is 12.5. The number of hydrogen-bond donors (Lipinski definition) is 2. The first-order valence-electron chi connectivity index (χ1n) is 9.79. The summed E-state index contributed by atoms with van der Waals surface area (Å²) in [6.45, 7) is 4.19. The molecule has 1 saturated heterocycles. The van der Waals surface area contributed by atoms with Crippen molar-refractivity contribution in [3.63, 3.8) is 0 Å². The van der Waals surface area contributed by atoms with Crippen LogP contribution >= 0.6 is 0 Å². The largest absolute Gasteiger partial charge is 0.492 e. The molecule has 2 aromatic rings. The average Bonchev–Trinajstić information content (AvgIpc) is 3.13. The van der Waals surface area contributed by atoms with Crippen molar-refractivity contribution < 1.29 is 23.9 Å². The van der Waals surface area contributed by atoms with Crippen LogP contribution in [0.1, 0.15) is 18.9 Å². The van der Waals surface area contributed by atoms with Crippen molar-refractivity contribution in [3.8, 4) is 11.5 Å². The number of amides is 3. The number of nitrogens with one attached hydrogen (secondary N) is 2. The van der Waals surface area contributed by atoms with Gasteiger partial charge in [0.2, 0.25) is 11.8 Å². The minimum atomic E-state index is -0.579. The fourth-order valence-corrected chi connectivity index (χ4v) is 3.20. The van der Waals surface area contributed by atoms with Crippen molar-refractivity contribution >= 4 is 23.4 Å². The lowest BCUT2D eigenvalue weighted by atomic mass is 10.1. The smallest absolute Gasteiger partial charge is 0.276 e. The zero-order valence-electron chi connectivity index (χ0n) is 17.0. The van der Waals surface area contributed by atoms with Crippen LogP contribution in [0.2, 0.25) is 0 Å². The highest BCUT2D eigenvalue weighted by molar-refractivity contribution is 6.01. The summed E-state index contributed by atoms with van der Waals surface area (Å²) < 4.78 is 11.0. The van der Waals surface area contributed by atoms with Gasteiger partial charge in [-0.25, -0.2) is 0 Å². The molecule has 0 saturated carbocycles. The average molecular weight is 411 g/mol. The first-order valence-corrected chi connectivity index (χ1v) is 9.79. The number of rotatable bonds is 7. The summed E-state index contributed by atoms with van der Waals surface area (Å²) in [4.78, 5) is 38.4. The van der Waals surface area contributed by atoms with Gasteiger partial charge in [0.05, 0.1) is 18.2 Å². The molecule has 0 spiro atoms. The Kier molecular flexibility index (Phi) is 6.90. The Morgan fingerprint density at radius 2 is 1.73 bits per heavy atom. The molecular weight excluding hydrogens is 386 g/mol. The first kappa shape index (κ1) is 21.2. The Hall–Kier alpha value is -3.55. The van der Waals surface area contributed by atoms with Gasteiger partial charge in [-0.1, -0.05) is 30.3 Å². The van der Waals surface area contributed by atoms with E-state index in [1.165, 1.54) is 0 Å². The minimum Gasteiger partial charge on any atom is -0.492 e. The Morgan fingerprint density at radius 3 is 2.47 bits per heavy atom. The molecule has 8 nitrogen and oxygen atoms in total. The predicted octanol–water partition coefficient (Wildman–Crippen LogP) is 1.97. The highest BCUT2D eigenvalue weighted by Crippen LogP contribution is 2.33. The summed E-state index contributed by atoms with van der Waals surface area (Å²) in [5.41, 5.74) is 6.25. The third-order valence-electron chi connectivity index (χ3n) is 4.73.